The minimum atomic E-state index is 0.268. The summed E-state index contributed by atoms with van der Waals surface area (Å²) in [4.78, 5) is 0. The molecule has 1 atom stereocenters. The fourth-order valence-corrected chi connectivity index (χ4v) is 2.35. The Morgan fingerprint density at radius 2 is 2.06 bits per heavy atom. The first-order valence-corrected chi connectivity index (χ1v) is 6.28. The number of nitrogens with one attached hydrogen (secondary N) is 1. The summed E-state index contributed by atoms with van der Waals surface area (Å²) < 4.78 is 7.48. The highest BCUT2D eigenvalue weighted by atomic mass is 16.3. The molecule has 0 saturated heterocycles. The van der Waals surface area contributed by atoms with Gasteiger partial charge in [0.25, 0.3) is 0 Å². The van der Waals surface area contributed by atoms with Crippen molar-refractivity contribution in [3.05, 3.63) is 40.6 Å². The first kappa shape index (κ1) is 12.9. The second-order valence-corrected chi connectivity index (χ2v) is 4.82. The fraction of sp³-hybridized carbons (Fsp3) is 0.500. The van der Waals surface area contributed by atoms with Crippen LogP contribution in [0.25, 0.3) is 0 Å². The van der Waals surface area contributed by atoms with Crippen molar-refractivity contribution in [2.45, 2.75) is 40.3 Å². The van der Waals surface area contributed by atoms with Crippen molar-refractivity contribution in [1.29, 1.82) is 0 Å². The summed E-state index contributed by atoms with van der Waals surface area (Å²) in [6, 6.07) is 4.27. The van der Waals surface area contributed by atoms with Crippen LogP contribution in [0, 0.1) is 20.8 Å². The van der Waals surface area contributed by atoms with Crippen molar-refractivity contribution in [2.24, 2.45) is 7.05 Å². The van der Waals surface area contributed by atoms with Gasteiger partial charge < -0.3 is 9.73 Å². The van der Waals surface area contributed by atoms with Crippen LogP contribution in [0.5, 0.6) is 0 Å². The van der Waals surface area contributed by atoms with Crippen molar-refractivity contribution >= 4 is 0 Å². The van der Waals surface area contributed by atoms with Crippen LogP contribution in [0.4, 0.5) is 0 Å². The molecule has 0 saturated carbocycles. The summed E-state index contributed by atoms with van der Waals surface area (Å²) in [7, 11) is 1.98. The molecule has 2 rings (SSSR count). The normalized spacial score (nSPS) is 12.9. The van der Waals surface area contributed by atoms with Crippen LogP contribution >= 0.6 is 0 Å². The van der Waals surface area contributed by atoms with E-state index >= 15 is 0 Å². The number of aromatic nitrogens is 2. The van der Waals surface area contributed by atoms with Crippen LogP contribution < -0.4 is 5.32 Å². The van der Waals surface area contributed by atoms with E-state index in [0.717, 1.165) is 23.8 Å². The van der Waals surface area contributed by atoms with Crippen molar-refractivity contribution in [2.75, 3.05) is 0 Å². The van der Waals surface area contributed by atoms with E-state index in [9.17, 15) is 0 Å². The van der Waals surface area contributed by atoms with Gasteiger partial charge in [-0.05, 0) is 39.8 Å². The Hall–Kier alpha value is -1.55. The third-order valence-electron chi connectivity index (χ3n) is 3.38. The van der Waals surface area contributed by atoms with E-state index in [0.29, 0.717) is 0 Å². The summed E-state index contributed by atoms with van der Waals surface area (Å²) in [6.07, 6.45) is 0. The van der Waals surface area contributed by atoms with Crippen molar-refractivity contribution in [3.63, 3.8) is 0 Å². The van der Waals surface area contributed by atoms with E-state index in [-0.39, 0.29) is 6.04 Å². The largest absolute Gasteiger partial charge is 0.465 e. The molecule has 0 spiro atoms. The Morgan fingerprint density at radius 3 is 2.56 bits per heavy atom. The Kier molecular flexibility index (Phi) is 3.57. The molecule has 2 aromatic heterocycles. The second kappa shape index (κ2) is 4.98. The highest BCUT2D eigenvalue weighted by Crippen LogP contribution is 2.21. The molecule has 2 heterocycles. The van der Waals surface area contributed by atoms with Crippen LogP contribution in [0.15, 0.2) is 16.5 Å². The lowest BCUT2D eigenvalue weighted by Crippen LogP contribution is -2.19. The summed E-state index contributed by atoms with van der Waals surface area (Å²) >= 11 is 0. The van der Waals surface area contributed by atoms with Gasteiger partial charge in [-0.1, -0.05) is 0 Å². The van der Waals surface area contributed by atoms with Crippen LogP contribution in [-0.4, -0.2) is 9.78 Å². The standard InChI is InChI=1S/C14H21N3O/c1-9-6-7-13(18-9)8-15-10(2)14-11(3)16-17(5)12(14)4/h6-7,10,15H,8H2,1-5H3. The zero-order chi connectivity index (χ0) is 13.3. The summed E-state index contributed by atoms with van der Waals surface area (Å²) in [6.45, 7) is 9.01. The number of aryl methyl sites for hydroxylation is 3. The van der Waals surface area contributed by atoms with Gasteiger partial charge >= 0.3 is 0 Å². The molecule has 4 heteroatoms. The minimum absolute atomic E-state index is 0.268. The number of hydrogen-bond acceptors (Lipinski definition) is 3. The van der Waals surface area contributed by atoms with Crippen LogP contribution in [-0.2, 0) is 13.6 Å². The zero-order valence-electron chi connectivity index (χ0n) is 11.7. The molecule has 0 aliphatic carbocycles. The molecule has 2 aromatic rings. The predicted molar refractivity (Wildman–Crippen MR) is 71.4 cm³/mol. The van der Waals surface area contributed by atoms with Crippen LogP contribution in [0.1, 0.15) is 41.4 Å². The summed E-state index contributed by atoms with van der Waals surface area (Å²) in [5, 5.41) is 7.92. The molecule has 0 amide bonds. The topological polar surface area (TPSA) is 43.0 Å². The molecule has 0 bridgehead atoms. The number of hydrogen-bond donors (Lipinski definition) is 1. The third-order valence-corrected chi connectivity index (χ3v) is 3.38. The summed E-state index contributed by atoms with van der Waals surface area (Å²) in [5.74, 6) is 1.92. The Bertz CT molecular complexity index is 539. The van der Waals surface area contributed by atoms with E-state index < -0.39 is 0 Å². The van der Waals surface area contributed by atoms with Crippen molar-refractivity contribution < 1.29 is 4.42 Å². The Morgan fingerprint density at radius 1 is 1.33 bits per heavy atom. The van der Waals surface area contributed by atoms with Crippen LogP contribution in [0.3, 0.4) is 0 Å². The fourth-order valence-electron chi connectivity index (χ4n) is 2.35. The maximum atomic E-state index is 5.55. The lowest BCUT2D eigenvalue weighted by molar-refractivity contribution is 0.443. The highest BCUT2D eigenvalue weighted by molar-refractivity contribution is 5.27. The van der Waals surface area contributed by atoms with Gasteiger partial charge in [-0.15, -0.1) is 0 Å². The maximum absolute atomic E-state index is 5.55. The van der Waals surface area contributed by atoms with Gasteiger partial charge in [-0.25, -0.2) is 0 Å². The number of furan rings is 1. The number of rotatable bonds is 4. The molecule has 98 valence electrons. The Balaban J connectivity index is 2.05. The van der Waals surface area contributed by atoms with Gasteiger partial charge in [0.15, 0.2) is 0 Å². The minimum Gasteiger partial charge on any atom is -0.465 e. The van der Waals surface area contributed by atoms with Gasteiger partial charge in [0, 0.05) is 24.3 Å². The van der Waals surface area contributed by atoms with E-state index in [1.54, 1.807) is 0 Å². The second-order valence-electron chi connectivity index (χ2n) is 4.82. The maximum Gasteiger partial charge on any atom is 0.117 e. The van der Waals surface area contributed by atoms with Gasteiger partial charge in [0.2, 0.25) is 0 Å². The van der Waals surface area contributed by atoms with Gasteiger partial charge in [0.1, 0.15) is 11.5 Å². The van der Waals surface area contributed by atoms with Gasteiger partial charge in [-0.3, -0.25) is 4.68 Å². The molecule has 1 unspecified atom stereocenters. The molecule has 1 N–H and O–H groups in total. The van der Waals surface area contributed by atoms with E-state index in [4.69, 9.17) is 4.42 Å². The monoisotopic (exact) mass is 247 g/mol. The molecular formula is C14H21N3O. The van der Waals surface area contributed by atoms with E-state index in [2.05, 4.69) is 31.2 Å². The van der Waals surface area contributed by atoms with Crippen molar-refractivity contribution in [1.82, 2.24) is 15.1 Å². The smallest absolute Gasteiger partial charge is 0.117 e. The Labute approximate surface area is 108 Å². The molecular weight excluding hydrogens is 226 g/mol. The summed E-state index contributed by atoms with van der Waals surface area (Å²) in [5.41, 5.74) is 3.58. The third kappa shape index (κ3) is 2.48. The average Bonchev–Trinajstić information content (AvgIpc) is 2.82. The van der Waals surface area contributed by atoms with Gasteiger partial charge in [-0.2, -0.15) is 5.10 Å². The zero-order valence-corrected chi connectivity index (χ0v) is 11.7. The molecule has 0 fully saturated rings. The van der Waals surface area contributed by atoms with Crippen LogP contribution in [0.2, 0.25) is 0 Å². The molecule has 0 aliphatic heterocycles. The number of nitrogens with zero attached hydrogens (tertiary/aromatic N) is 2. The van der Waals surface area contributed by atoms with Gasteiger partial charge in [0.05, 0.1) is 12.2 Å². The molecule has 4 nitrogen and oxygen atoms in total. The SMILES string of the molecule is Cc1ccc(CNC(C)c2c(C)nn(C)c2C)o1. The van der Waals surface area contributed by atoms with Crippen molar-refractivity contribution in [3.8, 4) is 0 Å². The van der Waals surface area contributed by atoms with E-state index in [1.807, 2.05) is 30.8 Å². The first-order chi connectivity index (χ1) is 8.49. The molecule has 0 radical (unpaired) electrons. The first-order valence-electron chi connectivity index (χ1n) is 6.28. The van der Waals surface area contributed by atoms with E-state index in [1.165, 1.54) is 11.3 Å². The lowest BCUT2D eigenvalue weighted by atomic mass is 10.1. The predicted octanol–water partition coefficient (Wildman–Crippen LogP) is 2.79. The lowest BCUT2D eigenvalue weighted by Gasteiger charge is -2.13. The highest BCUT2D eigenvalue weighted by Gasteiger charge is 2.16. The molecule has 0 aliphatic rings. The molecule has 0 aromatic carbocycles. The quantitative estimate of drug-likeness (QED) is 0.903. The average molecular weight is 247 g/mol. The molecule has 18 heavy (non-hydrogen) atoms.